The van der Waals surface area contributed by atoms with Crippen LogP contribution in [0.3, 0.4) is 0 Å². The van der Waals surface area contributed by atoms with Crippen LogP contribution in [0.4, 0.5) is 0 Å². The fraction of sp³-hybridized carbons (Fsp3) is 0.857. The minimum Gasteiger partial charge on any atom is -0.345 e. The minimum absolute atomic E-state index is 0.297. The van der Waals surface area contributed by atoms with Crippen molar-refractivity contribution in [3.05, 3.63) is 0 Å². The van der Waals surface area contributed by atoms with Gasteiger partial charge in [-0.2, -0.15) is 11.8 Å². The van der Waals surface area contributed by atoms with Crippen molar-refractivity contribution in [3.8, 4) is 0 Å². The lowest BCUT2D eigenvalue weighted by Crippen LogP contribution is -2.19. The fourth-order valence-corrected chi connectivity index (χ4v) is 2.23. The molecule has 0 N–H and O–H groups in total. The molecule has 0 aromatic carbocycles. The maximum absolute atomic E-state index is 11.0. The molecule has 0 bridgehead atoms. The van der Waals surface area contributed by atoms with Crippen LogP contribution in [0.15, 0.2) is 0 Å². The zero-order chi connectivity index (χ0) is 7.56. The van der Waals surface area contributed by atoms with Gasteiger partial charge >= 0.3 is 0 Å². The van der Waals surface area contributed by atoms with Crippen molar-refractivity contribution in [2.45, 2.75) is 18.6 Å². The first-order valence-electron chi connectivity index (χ1n) is 3.59. The van der Waals surface area contributed by atoms with Gasteiger partial charge in [-0.15, -0.1) is 0 Å². The molecule has 1 aliphatic rings. The Kier molecular flexibility index (Phi) is 2.60. The van der Waals surface area contributed by atoms with E-state index in [4.69, 9.17) is 0 Å². The summed E-state index contributed by atoms with van der Waals surface area (Å²) < 4.78 is 0. The third kappa shape index (κ3) is 1.66. The highest BCUT2D eigenvalue weighted by atomic mass is 32.2. The quantitative estimate of drug-likeness (QED) is 0.598. The molecule has 0 radical (unpaired) electrons. The fourth-order valence-electron chi connectivity index (χ4n) is 1.17. The molecular weight excluding hydrogens is 146 g/mol. The molecule has 1 aliphatic heterocycles. The first kappa shape index (κ1) is 7.92. The lowest BCUT2D eigenvalue weighted by Gasteiger charge is -2.07. The van der Waals surface area contributed by atoms with Gasteiger partial charge in [-0.3, -0.25) is 4.79 Å². The Hall–Kier alpha value is -0.180. The molecule has 1 heterocycles. The van der Waals surface area contributed by atoms with Crippen LogP contribution in [-0.4, -0.2) is 35.4 Å². The monoisotopic (exact) mass is 159 g/mol. The average Bonchev–Trinajstić information content (AvgIpc) is 2.14. The molecule has 0 spiro atoms. The standard InChI is InChI=1S/C7H13NOS/c1-3-10-6-4-7(9)8(2)5-6/h6H,3-5H2,1-2H3. The lowest BCUT2D eigenvalue weighted by molar-refractivity contribution is -0.126. The molecule has 1 unspecified atom stereocenters. The number of rotatable bonds is 2. The second-order valence-corrected chi connectivity index (χ2v) is 4.13. The molecule has 10 heavy (non-hydrogen) atoms. The van der Waals surface area contributed by atoms with Gasteiger partial charge < -0.3 is 4.90 Å². The zero-order valence-corrected chi connectivity index (χ0v) is 7.28. The molecule has 1 rings (SSSR count). The first-order chi connectivity index (χ1) is 4.74. The van der Waals surface area contributed by atoms with Gasteiger partial charge in [-0.25, -0.2) is 0 Å². The lowest BCUT2D eigenvalue weighted by atomic mass is 10.4. The van der Waals surface area contributed by atoms with Gasteiger partial charge in [0.2, 0.25) is 5.91 Å². The largest absolute Gasteiger partial charge is 0.345 e. The van der Waals surface area contributed by atoms with E-state index in [1.807, 2.05) is 23.7 Å². The zero-order valence-electron chi connectivity index (χ0n) is 6.46. The van der Waals surface area contributed by atoms with Gasteiger partial charge in [0.1, 0.15) is 0 Å². The highest BCUT2D eigenvalue weighted by molar-refractivity contribution is 7.99. The Bertz CT molecular complexity index is 138. The predicted octanol–water partition coefficient (Wildman–Crippen LogP) is 0.970. The Morgan fingerprint density at radius 3 is 2.90 bits per heavy atom. The summed E-state index contributed by atoms with van der Waals surface area (Å²) in [6, 6.07) is 0. The van der Waals surface area contributed by atoms with Crippen molar-refractivity contribution < 1.29 is 4.79 Å². The van der Waals surface area contributed by atoms with E-state index in [0.29, 0.717) is 11.2 Å². The van der Waals surface area contributed by atoms with Crippen LogP contribution in [0.25, 0.3) is 0 Å². The second kappa shape index (κ2) is 3.28. The summed E-state index contributed by atoms with van der Waals surface area (Å²) in [6.07, 6.45) is 0.745. The summed E-state index contributed by atoms with van der Waals surface area (Å²) in [7, 11) is 1.87. The molecule has 1 atom stereocenters. The Morgan fingerprint density at radius 2 is 2.50 bits per heavy atom. The van der Waals surface area contributed by atoms with E-state index < -0.39 is 0 Å². The number of hydrogen-bond donors (Lipinski definition) is 0. The number of carbonyl (C=O) groups excluding carboxylic acids is 1. The van der Waals surface area contributed by atoms with Crippen LogP contribution in [0.1, 0.15) is 13.3 Å². The Balaban J connectivity index is 2.34. The van der Waals surface area contributed by atoms with Gasteiger partial charge in [-0.1, -0.05) is 6.92 Å². The molecule has 0 aromatic rings. The van der Waals surface area contributed by atoms with Crippen LogP contribution in [-0.2, 0) is 4.79 Å². The number of nitrogens with zero attached hydrogens (tertiary/aromatic N) is 1. The Morgan fingerprint density at radius 1 is 1.80 bits per heavy atom. The number of carbonyl (C=O) groups is 1. The van der Waals surface area contributed by atoms with E-state index in [1.165, 1.54) is 0 Å². The summed E-state index contributed by atoms with van der Waals surface area (Å²) in [5, 5.41) is 0.558. The number of thioether (sulfide) groups is 1. The number of likely N-dealkylation sites (tertiary alicyclic amines) is 1. The third-order valence-corrected chi connectivity index (χ3v) is 2.83. The highest BCUT2D eigenvalue weighted by Crippen LogP contribution is 2.21. The molecule has 1 fully saturated rings. The first-order valence-corrected chi connectivity index (χ1v) is 4.64. The molecular formula is C7H13NOS. The maximum atomic E-state index is 11.0. The van der Waals surface area contributed by atoms with Gasteiger partial charge in [0, 0.05) is 25.3 Å². The van der Waals surface area contributed by atoms with E-state index >= 15 is 0 Å². The topological polar surface area (TPSA) is 20.3 Å². The number of amides is 1. The second-order valence-electron chi connectivity index (χ2n) is 2.56. The van der Waals surface area contributed by atoms with Crippen molar-refractivity contribution in [2.24, 2.45) is 0 Å². The van der Waals surface area contributed by atoms with Gasteiger partial charge in [0.25, 0.3) is 0 Å². The molecule has 0 saturated carbocycles. The van der Waals surface area contributed by atoms with E-state index in [1.54, 1.807) is 0 Å². The van der Waals surface area contributed by atoms with Crippen LogP contribution >= 0.6 is 11.8 Å². The van der Waals surface area contributed by atoms with E-state index in [0.717, 1.165) is 18.7 Å². The van der Waals surface area contributed by atoms with Crippen molar-refractivity contribution in [1.29, 1.82) is 0 Å². The average molecular weight is 159 g/mol. The van der Waals surface area contributed by atoms with Crippen molar-refractivity contribution >= 4 is 17.7 Å². The smallest absolute Gasteiger partial charge is 0.223 e. The van der Waals surface area contributed by atoms with Crippen molar-refractivity contribution in [2.75, 3.05) is 19.3 Å². The third-order valence-electron chi connectivity index (χ3n) is 1.71. The van der Waals surface area contributed by atoms with E-state index in [2.05, 4.69) is 6.92 Å². The molecule has 1 amide bonds. The highest BCUT2D eigenvalue weighted by Gasteiger charge is 2.25. The van der Waals surface area contributed by atoms with Crippen LogP contribution in [0, 0.1) is 0 Å². The summed E-state index contributed by atoms with van der Waals surface area (Å²) in [5.41, 5.74) is 0. The van der Waals surface area contributed by atoms with E-state index in [9.17, 15) is 4.79 Å². The van der Waals surface area contributed by atoms with Crippen LogP contribution in [0.5, 0.6) is 0 Å². The number of hydrogen-bond acceptors (Lipinski definition) is 2. The summed E-state index contributed by atoms with van der Waals surface area (Å²) in [4.78, 5) is 12.8. The van der Waals surface area contributed by atoms with Gasteiger partial charge in [0.05, 0.1) is 0 Å². The summed E-state index contributed by atoms with van der Waals surface area (Å²) in [5.74, 6) is 1.41. The molecule has 3 heteroatoms. The molecule has 0 aliphatic carbocycles. The van der Waals surface area contributed by atoms with Crippen molar-refractivity contribution in [3.63, 3.8) is 0 Å². The Labute approximate surface area is 66.0 Å². The maximum Gasteiger partial charge on any atom is 0.223 e. The van der Waals surface area contributed by atoms with Gasteiger partial charge in [-0.05, 0) is 5.75 Å². The van der Waals surface area contributed by atoms with Crippen molar-refractivity contribution in [1.82, 2.24) is 4.90 Å². The molecule has 1 saturated heterocycles. The van der Waals surface area contributed by atoms with Gasteiger partial charge in [0.15, 0.2) is 0 Å². The van der Waals surface area contributed by atoms with E-state index in [-0.39, 0.29) is 0 Å². The molecule has 2 nitrogen and oxygen atoms in total. The van der Waals surface area contributed by atoms with Crippen LogP contribution in [0.2, 0.25) is 0 Å². The summed E-state index contributed by atoms with van der Waals surface area (Å²) >= 11 is 1.88. The summed E-state index contributed by atoms with van der Waals surface area (Å²) in [6.45, 7) is 3.07. The molecule has 0 aromatic heterocycles. The predicted molar refractivity (Wildman–Crippen MR) is 44.2 cm³/mol. The molecule has 58 valence electrons. The normalized spacial score (nSPS) is 26.0. The van der Waals surface area contributed by atoms with Crippen LogP contribution < -0.4 is 0 Å². The minimum atomic E-state index is 0.297. The SMILES string of the molecule is CCSC1CC(=O)N(C)C1.